The Hall–Kier alpha value is -0.190. The van der Waals surface area contributed by atoms with Crippen LogP contribution in [0.25, 0.3) is 0 Å². The first-order valence-electron chi connectivity index (χ1n) is 3.82. The van der Waals surface area contributed by atoms with Crippen molar-refractivity contribution in [2.45, 2.75) is 13.5 Å². The van der Waals surface area contributed by atoms with Gasteiger partial charge in [-0.1, -0.05) is 10.3 Å². The van der Waals surface area contributed by atoms with Crippen molar-refractivity contribution < 1.29 is 4.63 Å². The van der Waals surface area contributed by atoms with Gasteiger partial charge in [0.25, 0.3) is 0 Å². The van der Waals surface area contributed by atoms with Crippen LogP contribution in [0.5, 0.6) is 0 Å². The Kier molecular flexibility index (Phi) is 3.04. The van der Waals surface area contributed by atoms with Gasteiger partial charge in [0.15, 0.2) is 0 Å². The van der Waals surface area contributed by atoms with Crippen LogP contribution in [0.2, 0.25) is 0 Å². The quantitative estimate of drug-likeness (QED) is 0.702. The lowest BCUT2D eigenvalue weighted by Gasteiger charge is -1.99. The lowest BCUT2D eigenvalue weighted by molar-refractivity contribution is 0.300. The van der Waals surface area contributed by atoms with Crippen LogP contribution >= 0.6 is 45.2 Å². The first-order chi connectivity index (χ1) is 6.68. The Morgan fingerprint density at radius 1 is 1.43 bits per heavy atom. The molecule has 14 heavy (non-hydrogen) atoms. The Bertz CT molecular complexity index is 450. The van der Waals surface area contributed by atoms with Gasteiger partial charge in [-0.05, 0) is 52.1 Å². The zero-order valence-electron chi connectivity index (χ0n) is 7.24. The van der Waals surface area contributed by atoms with Crippen molar-refractivity contribution in [2.75, 3.05) is 0 Å². The second-order valence-electron chi connectivity index (χ2n) is 2.75. The Morgan fingerprint density at radius 2 is 2.21 bits per heavy atom. The predicted octanol–water partition coefficient (Wildman–Crippen LogP) is 1.83. The smallest absolute Gasteiger partial charge is 0.132 e. The minimum absolute atomic E-state index is 0.656. The molecule has 2 aromatic rings. The van der Waals surface area contributed by atoms with Gasteiger partial charge in [-0.2, -0.15) is 0 Å². The van der Waals surface area contributed by atoms with Gasteiger partial charge in [-0.25, -0.2) is 9.61 Å². The van der Waals surface area contributed by atoms with E-state index < -0.39 is 0 Å². The minimum Gasteiger partial charge on any atom is -0.319 e. The normalized spacial score (nSPS) is 10.8. The van der Waals surface area contributed by atoms with Gasteiger partial charge >= 0.3 is 0 Å². The van der Waals surface area contributed by atoms with E-state index in [1.807, 2.05) is 11.5 Å². The maximum atomic E-state index is 4.63. The third-order valence-corrected chi connectivity index (χ3v) is 4.75. The Labute approximate surface area is 108 Å². The molecule has 0 aliphatic carbocycles. The molecule has 7 heteroatoms. The van der Waals surface area contributed by atoms with Gasteiger partial charge in [0.2, 0.25) is 0 Å². The molecule has 0 aromatic carbocycles. The molecule has 2 rings (SSSR count). The van der Waals surface area contributed by atoms with E-state index in [2.05, 4.69) is 65.1 Å². The van der Waals surface area contributed by atoms with Crippen LogP contribution in [0.1, 0.15) is 11.4 Å². The summed E-state index contributed by atoms with van der Waals surface area (Å²) in [6, 6.07) is 0. The second kappa shape index (κ2) is 4.13. The molecule has 0 bridgehead atoms. The maximum Gasteiger partial charge on any atom is 0.132 e. The predicted molar refractivity (Wildman–Crippen MR) is 65.8 cm³/mol. The number of nitrogens with zero attached hydrogens (tertiary/aromatic N) is 4. The highest BCUT2D eigenvalue weighted by Gasteiger charge is 2.10. The summed E-state index contributed by atoms with van der Waals surface area (Å²) in [5, 5.41) is 7.55. The van der Waals surface area contributed by atoms with Crippen molar-refractivity contribution >= 4 is 45.2 Å². The van der Waals surface area contributed by atoms with Crippen molar-refractivity contribution in [3.63, 3.8) is 0 Å². The van der Waals surface area contributed by atoms with Crippen molar-refractivity contribution in [3.8, 4) is 0 Å². The molecule has 0 saturated carbocycles. The van der Waals surface area contributed by atoms with E-state index in [-0.39, 0.29) is 0 Å². The fraction of sp³-hybridized carbons (Fsp3) is 0.286. The third-order valence-electron chi connectivity index (χ3n) is 1.80. The lowest BCUT2D eigenvalue weighted by atomic mass is 10.3. The van der Waals surface area contributed by atoms with Crippen LogP contribution in [-0.2, 0) is 6.54 Å². The average Bonchev–Trinajstić information content (AvgIpc) is 2.68. The molecule has 0 unspecified atom stereocenters. The molecule has 0 aliphatic rings. The Balaban J connectivity index is 2.27. The zero-order valence-corrected chi connectivity index (χ0v) is 11.6. The third kappa shape index (κ3) is 1.92. The van der Waals surface area contributed by atoms with Gasteiger partial charge in [0.05, 0.1) is 12.9 Å². The van der Waals surface area contributed by atoms with Crippen LogP contribution in [-0.4, -0.2) is 19.9 Å². The summed E-state index contributed by atoms with van der Waals surface area (Å²) in [6.45, 7) is 2.53. The van der Waals surface area contributed by atoms with Gasteiger partial charge in [0, 0.05) is 0 Å². The van der Waals surface area contributed by atoms with Crippen molar-refractivity contribution in [3.05, 3.63) is 25.1 Å². The van der Waals surface area contributed by atoms with Gasteiger partial charge in [-0.15, -0.1) is 0 Å². The topological polar surface area (TPSA) is 56.7 Å². The molecule has 2 aromatic heterocycles. The van der Waals surface area contributed by atoms with Crippen molar-refractivity contribution in [1.29, 1.82) is 0 Å². The number of aryl methyl sites for hydroxylation is 1. The first-order valence-corrected chi connectivity index (χ1v) is 5.98. The molecule has 0 fully saturated rings. The van der Waals surface area contributed by atoms with Crippen LogP contribution in [0.4, 0.5) is 0 Å². The average molecular weight is 416 g/mol. The maximum absolute atomic E-state index is 4.63. The molecule has 0 spiro atoms. The fourth-order valence-electron chi connectivity index (χ4n) is 1.01. The SMILES string of the molecule is Cc1nonc1Cn1cnc(I)c1I. The molecule has 0 aliphatic heterocycles. The van der Waals surface area contributed by atoms with E-state index >= 15 is 0 Å². The largest absolute Gasteiger partial charge is 0.319 e. The summed E-state index contributed by atoms with van der Waals surface area (Å²) in [7, 11) is 0. The number of imidazole rings is 1. The van der Waals surface area contributed by atoms with Gasteiger partial charge < -0.3 is 4.57 Å². The van der Waals surface area contributed by atoms with Crippen LogP contribution in [0.3, 0.4) is 0 Å². The standard InChI is InChI=1S/C7H6I2N4O/c1-4-5(12-14-11-4)2-13-3-10-6(8)7(13)9/h3H,2H2,1H3. The van der Waals surface area contributed by atoms with Crippen molar-refractivity contribution in [1.82, 2.24) is 19.9 Å². The highest BCUT2D eigenvalue weighted by Crippen LogP contribution is 2.14. The summed E-state index contributed by atoms with van der Waals surface area (Å²) >= 11 is 4.45. The lowest BCUT2D eigenvalue weighted by Crippen LogP contribution is -2.02. The minimum atomic E-state index is 0.656. The van der Waals surface area contributed by atoms with E-state index in [9.17, 15) is 0 Å². The monoisotopic (exact) mass is 416 g/mol. The van der Waals surface area contributed by atoms with Gasteiger partial charge in [-0.3, -0.25) is 0 Å². The zero-order chi connectivity index (χ0) is 10.1. The fourth-order valence-corrected chi connectivity index (χ4v) is 1.88. The number of hydrogen-bond donors (Lipinski definition) is 0. The molecule has 0 radical (unpaired) electrons. The number of hydrogen-bond acceptors (Lipinski definition) is 4. The summed E-state index contributed by atoms with van der Waals surface area (Å²) in [5.41, 5.74) is 1.67. The molecular formula is C7H6I2N4O. The molecule has 0 saturated heterocycles. The van der Waals surface area contributed by atoms with E-state index in [1.165, 1.54) is 0 Å². The van der Waals surface area contributed by atoms with Gasteiger partial charge in [0.1, 0.15) is 18.8 Å². The molecule has 74 valence electrons. The first kappa shape index (κ1) is 10.3. The van der Waals surface area contributed by atoms with Crippen LogP contribution in [0.15, 0.2) is 11.0 Å². The summed E-state index contributed by atoms with van der Waals surface area (Å²) in [4.78, 5) is 4.19. The molecule has 2 heterocycles. The number of aromatic nitrogens is 4. The van der Waals surface area contributed by atoms with E-state index in [4.69, 9.17) is 0 Å². The van der Waals surface area contributed by atoms with Crippen LogP contribution in [0, 0.1) is 14.3 Å². The molecular weight excluding hydrogens is 410 g/mol. The Morgan fingerprint density at radius 3 is 2.71 bits per heavy atom. The molecule has 5 nitrogen and oxygen atoms in total. The second-order valence-corrected chi connectivity index (χ2v) is 4.79. The highest BCUT2D eigenvalue weighted by atomic mass is 127. The van der Waals surface area contributed by atoms with Crippen molar-refractivity contribution in [2.24, 2.45) is 0 Å². The molecule has 0 amide bonds. The molecule has 0 N–H and O–H groups in total. The summed E-state index contributed by atoms with van der Waals surface area (Å²) in [6.07, 6.45) is 1.79. The number of rotatable bonds is 2. The molecule has 0 atom stereocenters. The number of halogens is 2. The summed E-state index contributed by atoms with van der Waals surface area (Å²) in [5.74, 6) is 0. The van der Waals surface area contributed by atoms with Crippen LogP contribution < -0.4 is 0 Å². The summed E-state index contributed by atoms with van der Waals surface area (Å²) < 4.78 is 8.73. The highest BCUT2D eigenvalue weighted by molar-refractivity contribution is 14.1. The van der Waals surface area contributed by atoms with E-state index in [1.54, 1.807) is 6.33 Å². The van der Waals surface area contributed by atoms with E-state index in [0.29, 0.717) is 6.54 Å². The van der Waals surface area contributed by atoms with E-state index in [0.717, 1.165) is 18.8 Å².